The predicted octanol–water partition coefficient (Wildman–Crippen LogP) is 2.48. The summed E-state index contributed by atoms with van der Waals surface area (Å²) >= 11 is 1.60. The molecule has 1 saturated heterocycles. The van der Waals surface area contributed by atoms with E-state index in [1.165, 1.54) is 4.88 Å². The molecule has 3 rings (SSSR count). The Morgan fingerprint density at radius 3 is 2.92 bits per heavy atom. The number of aromatic nitrogens is 2. The van der Waals surface area contributed by atoms with Crippen LogP contribution in [0.5, 0.6) is 0 Å². The van der Waals surface area contributed by atoms with Crippen molar-refractivity contribution in [1.82, 2.24) is 15.5 Å². The lowest BCUT2D eigenvalue weighted by Gasteiger charge is -2.32. The maximum absolute atomic E-state index is 12.4. The van der Waals surface area contributed by atoms with Crippen molar-refractivity contribution in [3.63, 3.8) is 0 Å². The van der Waals surface area contributed by atoms with Gasteiger partial charge in [0.25, 0.3) is 0 Å². The first-order valence-corrected chi connectivity index (χ1v) is 9.72. The summed E-state index contributed by atoms with van der Waals surface area (Å²) in [5.74, 6) is 0.801. The monoisotopic (exact) mass is 379 g/mol. The van der Waals surface area contributed by atoms with Crippen LogP contribution < -0.4 is 5.32 Å². The first-order chi connectivity index (χ1) is 12.5. The Bertz CT molecular complexity index is 723. The third kappa shape index (κ3) is 4.69. The molecule has 8 heteroatoms. The molecular weight excluding hydrogens is 354 g/mol. The summed E-state index contributed by atoms with van der Waals surface area (Å²) in [5.41, 5.74) is 4.62. The molecule has 0 unspecified atom stereocenters. The van der Waals surface area contributed by atoms with E-state index in [1.54, 1.807) is 11.3 Å². The van der Waals surface area contributed by atoms with E-state index in [-0.39, 0.29) is 18.1 Å². The van der Waals surface area contributed by atoms with Crippen molar-refractivity contribution >= 4 is 17.2 Å². The number of rotatable bonds is 7. The van der Waals surface area contributed by atoms with E-state index in [9.17, 15) is 4.79 Å². The molecule has 1 N–H and O–H groups in total. The molecule has 0 spiro atoms. The van der Waals surface area contributed by atoms with Gasteiger partial charge in [-0.2, -0.15) is 0 Å². The Hall–Kier alpha value is -1.77. The molecule has 1 amide bonds. The molecule has 0 saturated carbocycles. The molecule has 0 radical (unpaired) electrons. The van der Waals surface area contributed by atoms with Gasteiger partial charge in [-0.3, -0.25) is 4.79 Å². The zero-order valence-electron chi connectivity index (χ0n) is 15.4. The highest BCUT2D eigenvalue weighted by molar-refractivity contribution is 7.09. The van der Waals surface area contributed by atoms with Gasteiger partial charge in [-0.15, -0.1) is 11.3 Å². The third-order valence-electron chi connectivity index (χ3n) is 4.70. The van der Waals surface area contributed by atoms with Gasteiger partial charge in [-0.25, -0.2) is 4.98 Å². The lowest BCUT2D eigenvalue weighted by molar-refractivity contribution is -0.126. The maximum Gasteiger partial charge on any atom is 0.220 e. The number of nitrogens with one attached hydrogen (secondary N) is 1. The quantitative estimate of drug-likeness (QED) is 0.795. The number of nitrogens with zero attached hydrogens (tertiary/aromatic N) is 2. The first kappa shape index (κ1) is 19.0. The van der Waals surface area contributed by atoms with Crippen LogP contribution in [-0.4, -0.2) is 41.4 Å². The summed E-state index contributed by atoms with van der Waals surface area (Å²) in [6.45, 7) is 7.25. The standard InChI is InChI=1S/C18H25N3O4S/c1-11-14(13(3)25-21-11)8-24-16-9-23-7-6-15(16)20-18(22)5-4-17-12(2)19-10-26-17/h10,15-16H,4-9H2,1-3H3,(H,20,22)/t15-,16-/m1/s1. The highest BCUT2D eigenvalue weighted by atomic mass is 32.1. The Balaban J connectivity index is 1.51. The van der Waals surface area contributed by atoms with Crippen molar-refractivity contribution in [2.75, 3.05) is 13.2 Å². The second kappa shape index (κ2) is 8.75. The van der Waals surface area contributed by atoms with Gasteiger partial charge in [-0.05, 0) is 33.6 Å². The molecule has 2 aromatic rings. The minimum Gasteiger partial charge on any atom is -0.379 e. The summed E-state index contributed by atoms with van der Waals surface area (Å²) in [6.07, 6.45) is 1.75. The van der Waals surface area contributed by atoms with Crippen LogP contribution in [0.3, 0.4) is 0 Å². The fourth-order valence-electron chi connectivity index (χ4n) is 3.01. The molecule has 3 heterocycles. The van der Waals surface area contributed by atoms with Crippen LogP contribution in [0.1, 0.15) is 40.4 Å². The summed E-state index contributed by atoms with van der Waals surface area (Å²) < 4.78 is 16.7. The number of carbonyl (C=O) groups is 1. The van der Waals surface area contributed by atoms with Crippen LogP contribution in [0.2, 0.25) is 0 Å². The SMILES string of the molecule is Cc1ncsc1CCC(=O)N[C@@H]1CCOC[C@H]1OCc1c(C)noc1C. The molecule has 7 nitrogen and oxygen atoms in total. The fourth-order valence-corrected chi connectivity index (χ4v) is 3.79. The smallest absolute Gasteiger partial charge is 0.220 e. The maximum atomic E-state index is 12.4. The number of thiazole rings is 1. The molecule has 1 aliphatic heterocycles. The van der Waals surface area contributed by atoms with Crippen molar-refractivity contribution in [1.29, 1.82) is 0 Å². The second-order valence-corrected chi connectivity index (χ2v) is 7.49. The average Bonchev–Trinajstić information content (AvgIpc) is 3.18. The summed E-state index contributed by atoms with van der Waals surface area (Å²) in [4.78, 5) is 17.7. The number of amides is 1. The minimum absolute atomic E-state index is 0.0376. The van der Waals surface area contributed by atoms with Crippen molar-refractivity contribution in [2.24, 2.45) is 0 Å². The molecule has 0 aromatic carbocycles. The van der Waals surface area contributed by atoms with Crippen LogP contribution in [0.25, 0.3) is 0 Å². The molecule has 142 valence electrons. The zero-order valence-corrected chi connectivity index (χ0v) is 16.2. The minimum atomic E-state index is -0.174. The van der Waals surface area contributed by atoms with Gasteiger partial charge in [0.2, 0.25) is 5.91 Å². The van der Waals surface area contributed by atoms with Crippen LogP contribution in [0.4, 0.5) is 0 Å². The largest absolute Gasteiger partial charge is 0.379 e. The van der Waals surface area contributed by atoms with Crippen LogP contribution in [0, 0.1) is 20.8 Å². The topological polar surface area (TPSA) is 86.5 Å². The van der Waals surface area contributed by atoms with E-state index in [1.807, 2.05) is 26.3 Å². The van der Waals surface area contributed by atoms with Crippen LogP contribution >= 0.6 is 11.3 Å². The molecule has 0 aliphatic carbocycles. The van der Waals surface area contributed by atoms with Gasteiger partial charge in [-0.1, -0.05) is 5.16 Å². The van der Waals surface area contributed by atoms with Crippen molar-refractivity contribution in [2.45, 2.75) is 58.8 Å². The Morgan fingerprint density at radius 1 is 1.38 bits per heavy atom. The molecule has 0 bridgehead atoms. The molecule has 26 heavy (non-hydrogen) atoms. The van der Waals surface area contributed by atoms with Crippen molar-refractivity contribution < 1.29 is 18.8 Å². The van der Waals surface area contributed by atoms with Gasteiger partial charge < -0.3 is 19.3 Å². The number of hydrogen-bond acceptors (Lipinski definition) is 7. The van der Waals surface area contributed by atoms with Crippen molar-refractivity contribution in [3.8, 4) is 0 Å². The normalized spacial score (nSPS) is 20.3. The zero-order chi connectivity index (χ0) is 18.5. The Kier molecular flexibility index (Phi) is 6.39. The highest BCUT2D eigenvalue weighted by Gasteiger charge is 2.28. The van der Waals surface area contributed by atoms with E-state index < -0.39 is 0 Å². The van der Waals surface area contributed by atoms with Crippen molar-refractivity contribution in [3.05, 3.63) is 33.1 Å². The molecule has 2 aromatic heterocycles. The second-order valence-electron chi connectivity index (χ2n) is 6.55. The third-order valence-corrected chi connectivity index (χ3v) is 5.69. The van der Waals surface area contributed by atoms with Gasteiger partial charge in [0.05, 0.1) is 36.2 Å². The lowest BCUT2D eigenvalue weighted by Crippen LogP contribution is -2.50. The summed E-state index contributed by atoms with van der Waals surface area (Å²) in [6, 6.07) is -0.0423. The van der Waals surface area contributed by atoms with E-state index in [4.69, 9.17) is 14.0 Å². The number of carbonyl (C=O) groups excluding carboxylic acids is 1. The van der Waals surface area contributed by atoms with E-state index in [2.05, 4.69) is 15.5 Å². The lowest BCUT2D eigenvalue weighted by atomic mass is 10.1. The van der Waals surface area contributed by atoms with Crippen LogP contribution in [-0.2, 0) is 27.3 Å². The number of aryl methyl sites for hydroxylation is 4. The molecule has 1 fully saturated rings. The Labute approximate surface area is 157 Å². The van der Waals surface area contributed by atoms with Crippen LogP contribution in [0.15, 0.2) is 10.0 Å². The summed E-state index contributed by atoms with van der Waals surface area (Å²) in [7, 11) is 0. The van der Waals surface area contributed by atoms with Gasteiger partial charge in [0, 0.05) is 23.5 Å². The van der Waals surface area contributed by atoms with Gasteiger partial charge in [0.15, 0.2) is 0 Å². The van der Waals surface area contributed by atoms with Gasteiger partial charge in [0.1, 0.15) is 11.9 Å². The first-order valence-electron chi connectivity index (χ1n) is 8.84. The fraction of sp³-hybridized carbons (Fsp3) is 0.611. The highest BCUT2D eigenvalue weighted by Crippen LogP contribution is 2.19. The molecular formula is C18H25N3O4S. The predicted molar refractivity (Wildman–Crippen MR) is 97.1 cm³/mol. The number of ether oxygens (including phenoxy) is 2. The number of hydrogen-bond donors (Lipinski definition) is 1. The van der Waals surface area contributed by atoms with E-state index >= 15 is 0 Å². The van der Waals surface area contributed by atoms with Gasteiger partial charge >= 0.3 is 0 Å². The average molecular weight is 379 g/mol. The molecule has 1 aliphatic rings. The van der Waals surface area contributed by atoms with E-state index in [0.717, 1.165) is 35.6 Å². The van der Waals surface area contributed by atoms with E-state index in [0.29, 0.717) is 26.2 Å². The molecule has 2 atom stereocenters. The Morgan fingerprint density at radius 2 is 2.23 bits per heavy atom. The summed E-state index contributed by atoms with van der Waals surface area (Å²) in [5, 5.41) is 7.05.